The molecule has 2 aromatic carbocycles. The van der Waals surface area contributed by atoms with Gasteiger partial charge in [0, 0.05) is 0 Å². The van der Waals surface area contributed by atoms with Crippen molar-refractivity contribution in [2.45, 2.75) is 32.3 Å². The highest BCUT2D eigenvalue weighted by atomic mass is 16.5. The van der Waals surface area contributed by atoms with Gasteiger partial charge in [0.05, 0.1) is 6.42 Å². The smallest absolute Gasteiger partial charge is 0.310 e. The van der Waals surface area contributed by atoms with E-state index < -0.39 is 0 Å². The van der Waals surface area contributed by atoms with Gasteiger partial charge >= 0.3 is 5.97 Å². The number of ether oxygens (including phenoxy) is 1. The van der Waals surface area contributed by atoms with E-state index in [1.165, 1.54) is 12.0 Å². The number of carbonyl (C=O) groups is 1. The Kier molecular flexibility index (Phi) is 4.05. The fourth-order valence-electron chi connectivity index (χ4n) is 2.63. The first-order valence-corrected chi connectivity index (χ1v) is 7.51. The third kappa shape index (κ3) is 3.72. The van der Waals surface area contributed by atoms with Crippen LogP contribution in [0.3, 0.4) is 0 Å². The van der Waals surface area contributed by atoms with E-state index in [0.717, 1.165) is 23.0 Å². The highest BCUT2D eigenvalue weighted by molar-refractivity contribution is 5.72. The SMILES string of the molecule is CC1CC1c1ccc(CC(=O)OCc2ccccc2)cc1. The molecule has 2 nitrogen and oxygen atoms in total. The van der Waals surface area contributed by atoms with Crippen molar-refractivity contribution in [3.63, 3.8) is 0 Å². The van der Waals surface area contributed by atoms with Gasteiger partial charge in [0.1, 0.15) is 6.61 Å². The Bertz CT molecular complexity index is 601. The summed E-state index contributed by atoms with van der Waals surface area (Å²) in [7, 11) is 0. The molecule has 108 valence electrons. The molecule has 2 heteroatoms. The summed E-state index contributed by atoms with van der Waals surface area (Å²) in [6.45, 7) is 2.62. The largest absolute Gasteiger partial charge is 0.461 e. The van der Waals surface area contributed by atoms with Crippen LogP contribution in [0.1, 0.15) is 36.0 Å². The predicted octanol–water partition coefficient (Wildman–Crippen LogP) is 4.10. The Morgan fingerprint density at radius 2 is 1.71 bits per heavy atom. The highest BCUT2D eigenvalue weighted by Gasteiger charge is 2.33. The average Bonchev–Trinajstić information content (AvgIpc) is 3.24. The second kappa shape index (κ2) is 6.13. The van der Waals surface area contributed by atoms with Crippen LogP contribution in [0.4, 0.5) is 0 Å². The van der Waals surface area contributed by atoms with Gasteiger partial charge in [0.2, 0.25) is 0 Å². The quantitative estimate of drug-likeness (QED) is 0.771. The number of esters is 1. The molecule has 0 N–H and O–H groups in total. The Hall–Kier alpha value is -2.09. The molecule has 0 saturated heterocycles. The van der Waals surface area contributed by atoms with Crippen LogP contribution in [0.2, 0.25) is 0 Å². The van der Waals surface area contributed by atoms with Crippen LogP contribution in [0, 0.1) is 5.92 Å². The normalized spacial score (nSPS) is 20.0. The van der Waals surface area contributed by atoms with Crippen molar-refractivity contribution in [1.29, 1.82) is 0 Å². The summed E-state index contributed by atoms with van der Waals surface area (Å²) in [5.41, 5.74) is 3.43. The van der Waals surface area contributed by atoms with Crippen molar-refractivity contribution in [1.82, 2.24) is 0 Å². The molecule has 0 heterocycles. The van der Waals surface area contributed by atoms with Gasteiger partial charge in [-0.3, -0.25) is 4.79 Å². The molecule has 0 radical (unpaired) electrons. The first kappa shape index (κ1) is 13.9. The van der Waals surface area contributed by atoms with Crippen molar-refractivity contribution in [2.24, 2.45) is 5.92 Å². The molecule has 21 heavy (non-hydrogen) atoms. The maximum Gasteiger partial charge on any atom is 0.310 e. The summed E-state index contributed by atoms with van der Waals surface area (Å²) in [4.78, 5) is 11.8. The van der Waals surface area contributed by atoms with Crippen LogP contribution in [-0.4, -0.2) is 5.97 Å². The summed E-state index contributed by atoms with van der Waals surface area (Å²) in [5, 5.41) is 0. The molecule has 1 saturated carbocycles. The van der Waals surface area contributed by atoms with Gasteiger partial charge in [-0.2, -0.15) is 0 Å². The van der Waals surface area contributed by atoms with Gasteiger partial charge in [-0.15, -0.1) is 0 Å². The van der Waals surface area contributed by atoms with Gasteiger partial charge in [-0.1, -0.05) is 61.5 Å². The van der Waals surface area contributed by atoms with Crippen molar-refractivity contribution in [2.75, 3.05) is 0 Å². The molecule has 1 aliphatic rings. The third-order valence-electron chi connectivity index (χ3n) is 4.11. The molecule has 2 atom stereocenters. The Labute approximate surface area is 125 Å². The summed E-state index contributed by atoms with van der Waals surface area (Å²) >= 11 is 0. The Morgan fingerprint density at radius 3 is 2.33 bits per heavy atom. The first-order chi connectivity index (χ1) is 10.2. The molecule has 1 aliphatic carbocycles. The van der Waals surface area contributed by atoms with Gasteiger partial charge < -0.3 is 4.74 Å². The molecule has 0 aromatic heterocycles. The van der Waals surface area contributed by atoms with Crippen molar-refractivity contribution >= 4 is 5.97 Å². The average molecular weight is 280 g/mol. The van der Waals surface area contributed by atoms with Crippen LogP contribution in [0.15, 0.2) is 54.6 Å². The van der Waals surface area contributed by atoms with Gasteiger partial charge in [-0.25, -0.2) is 0 Å². The van der Waals surface area contributed by atoms with E-state index in [1.54, 1.807) is 0 Å². The molecule has 3 rings (SSSR count). The summed E-state index contributed by atoms with van der Waals surface area (Å²) in [6.07, 6.45) is 1.63. The molecule has 0 bridgehead atoms. The van der Waals surface area contributed by atoms with Gasteiger partial charge in [-0.05, 0) is 34.9 Å². The first-order valence-electron chi connectivity index (χ1n) is 7.51. The zero-order chi connectivity index (χ0) is 14.7. The minimum absolute atomic E-state index is 0.175. The minimum Gasteiger partial charge on any atom is -0.461 e. The third-order valence-corrected chi connectivity index (χ3v) is 4.11. The van der Waals surface area contributed by atoms with Crippen molar-refractivity contribution in [3.05, 3.63) is 71.3 Å². The van der Waals surface area contributed by atoms with Crippen LogP contribution in [0.25, 0.3) is 0 Å². The van der Waals surface area contributed by atoms with Crippen LogP contribution >= 0.6 is 0 Å². The second-order valence-electron chi connectivity index (χ2n) is 5.88. The number of hydrogen-bond acceptors (Lipinski definition) is 2. The molecule has 0 aliphatic heterocycles. The standard InChI is InChI=1S/C19H20O2/c1-14-11-18(14)17-9-7-15(8-10-17)12-19(20)21-13-16-5-3-2-4-6-16/h2-10,14,18H,11-13H2,1H3. The van der Waals surface area contributed by atoms with Crippen molar-refractivity contribution in [3.8, 4) is 0 Å². The molecule has 2 aromatic rings. The lowest BCUT2D eigenvalue weighted by atomic mass is 10.1. The zero-order valence-electron chi connectivity index (χ0n) is 12.3. The van der Waals surface area contributed by atoms with E-state index in [0.29, 0.717) is 13.0 Å². The molecular formula is C19H20O2. The van der Waals surface area contributed by atoms with E-state index >= 15 is 0 Å². The van der Waals surface area contributed by atoms with E-state index in [-0.39, 0.29) is 5.97 Å². The predicted molar refractivity (Wildman–Crippen MR) is 82.9 cm³/mol. The van der Waals surface area contributed by atoms with E-state index in [1.807, 2.05) is 42.5 Å². The summed E-state index contributed by atoms with van der Waals surface area (Å²) < 4.78 is 5.30. The highest BCUT2D eigenvalue weighted by Crippen LogP contribution is 2.46. The van der Waals surface area contributed by atoms with E-state index in [2.05, 4.69) is 19.1 Å². The van der Waals surface area contributed by atoms with Gasteiger partial charge in [0.15, 0.2) is 0 Å². The molecule has 2 unspecified atom stereocenters. The fourth-order valence-corrected chi connectivity index (χ4v) is 2.63. The number of benzene rings is 2. The van der Waals surface area contributed by atoms with Crippen molar-refractivity contribution < 1.29 is 9.53 Å². The van der Waals surface area contributed by atoms with Crippen LogP contribution in [-0.2, 0) is 22.6 Å². The number of hydrogen-bond donors (Lipinski definition) is 0. The van der Waals surface area contributed by atoms with Crippen LogP contribution in [0.5, 0.6) is 0 Å². The number of rotatable bonds is 5. The lowest BCUT2D eigenvalue weighted by molar-refractivity contribution is -0.144. The lowest BCUT2D eigenvalue weighted by Gasteiger charge is -2.06. The molecule has 1 fully saturated rings. The maximum absolute atomic E-state index is 11.8. The summed E-state index contributed by atoms with van der Waals surface area (Å²) in [6, 6.07) is 18.1. The zero-order valence-corrected chi connectivity index (χ0v) is 12.3. The Balaban J connectivity index is 1.50. The van der Waals surface area contributed by atoms with Crippen LogP contribution < -0.4 is 0 Å². The minimum atomic E-state index is -0.175. The molecular weight excluding hydrogens is 260 g/mol. The Morgan fingerprint density at radius 1 is 1.05 bits per heavy atom. The lowest BCUT2D eigenvalue weighted by Crippen LogP contribution is -2.08. The van der Waals surface area contributed by atoms with E-state index in [9.17, 15) is 4.79 Å². The van der Waals surface area contributed by atoms with E-state index in [4.69, 9.17) is 4.74 Å². The van der Waals surface area contributed by atoms with Gasteiger partial charge in [0.25, 0.3) is 0 Å². The monoisotopic (exact) mass is 280 g/mol. The number of carbonyl (C=O) groups excluding carboxylic acids is 1. The fraction of sp³-hybridized carbons (Fsp3) is 0.316. The molecule has 0 spiro atoms. The topological polar surface area (TPSA) is 26.3 Å². The molecule has 0 amide bonds. The second-order valence-corrected chi connectivity index (χ2v) is 5.88. The summed E-state index contributed by atoms with van der Waals surface area (Å²) in [5.74, 6) is 1.36. The maximum atomic E-state index is 11.8.